The van der Waals surface area contributed by atoms with E-state index in [9.17, 15) is 8.42 Å². The summed E-state index contributed by atoms with van der Waals surface area (Å²) >= 11 is 1.62. The normalized spacial score (nSPS) is 15.4. The summed E-state index contributed by atoms with van der Waals surface area (Å²) < 4.78 is 26.7. The Balaban J connectivity index is 0.00000312. The van der Waals surface area contributed by atoms with Crippen LogP contribution < -0.4 is 10.0 Å². The monoisotopic (exact) mass is 501 g/mol. The number of guanidine groups is 1. The Hall–Kier alpha value is -0.460. The van der Waals surface area contributed by atoms with Gasteiger partial charge < -0.3 is 10.2 Å². The molecule has 7 nitrogen and oxygen atoms in total. The smallest absolute Gasteiger partial charge is 0.213 e. The van der Waals surface area contributed by atoms with Crippen molar-refractivity contribution in [3.8, 4) is 0 Å². The standard InChI is InChI=1S/C15H27N5O2S2.HI/c1-12-19-14(11-23-12)10-20(3)15(16-2)17-7-8-24(21,22)18-9-13-5-4-6-13;/h11,13,18H,4-10H2,1-3H3,(H,16,17);1H. The molecule has 25 heavy (non-hydrogen) atoms. The van der Waals surface area contributed by atoms with E-state index in [1.807, 2.05) is 24.3 Å². The van der Waals surface area contributed by atoms with Crippen molar-refractivity contribution in [3.63, 3.8) is 0 Å². The fraction of sp³-hybridized carbons (Fsp3) is 0.733. The van der Waals surface area contributed by atoms with Gasteiger partial charge in [-0.15, -0.1) is 35.3 Å². The van der Waals surface area contributed by atoms with Gasteiger partial charge in [0.2, 0.25) is 10.0 Å². The SMILES string of the molecule is CN=C(NCCS(=O)(=O)NCC1CCC1)N(C)Cc1csc(C)n1.I. The Morgan fingerprint density at radius 3 is 2.72 bits per heavy atom. The van der Waals surface area contributed by atoms with Crippen LogP contribution >= 0.6 is 35.3 Å². The lowest BCUT2D eigenvalue weighted by Crippen LogP contribution is -2.42. The summed E-state index contributed by atoms with van der Waals surface area (Å²) in [5.74, 6) is 1.23. The number of aromatic nitrogens is 1. The van der Waals surface area contributed by atoms with Gasteiger partial charge in [0, 0.05) is 32.6 Å². The minimum absolute atomic E-state index is 0. The number of sulfonamides is 1. The number of thiazole rings is 1. The van der Waals surface area contributed by atoms with E-state index >= 15 is 0 Å². The van der Waals surface area contributed by atoms with Gasteiger partial charge in [-0.25, -0.2) is 18.1 Å². The van der Waals surface area contributed by atoms with Gasteiger partial charge in [0.15, 0.2) is 5.96 Å². The summed E-state index contributed by atoms with van der Waals surface area (Å²) in [5, 5.41) is 6.15. The van der Waals surface area contributed by atoms with Crippen molar-refractivity contribution in [2.45, 2.75) is 32.7 Å². The summed E-state index contributed by atoms with van der Waals surface area (Å²) in [6, 6.07) is 0. The third-order valence-electron chi connectivity index (χ3n) is 4.11. The van der Waals surface area contributed by atoms with Crippen molar-refractivity contribution < 1.29 is 8.42 Å². The first-order chi connectivity index (χ1) is 11.4. The molecule has 1 aromatic heterocycles. The van der Waals surface area contributed by atoms with E-state index in [4.69, 9.17) is 0 Å². The molecule has 0 unspecified atom stereocenters. The maximum atomic E-state index is 12.0. The molecule has 1 aliphatic carbocycles. The maximum absolute atomic E-state index is 12.0. The van der Waals surface area contributed by atoms with E-state index in [2.05, 4.69) is 20.0 Å². The predicted octanol–water partition coefficient (Wildman–Crippen LogP) is 1.80. The number of hydrogen-bond donors (Lipinski definition) is 2. The van der Waals surface area contributed by atoms with Crippen LogP contribution in [-0.2, 0) is 16.6 Å². The highest BCUT2D eigenvalue weighted by molar-refractivity contribution is 14.0. The van der Waals surface area contributed by atoms with E-state index < -0.39 is 10.0 Å². The third kappa shape index (κ3) is 7.75. The number of hydrogen-bond acceptors (Lipinski definition) is 5. The largest absolute Gasteiger partial charge is 0.355 e. The Labute approximate surface area is 171 Å². The van der Waals surface area contributed by atoms with Gasteiger partial charge in [-0.2, -0.15) is 0 Å². The molecule has 0 spiro atoms. The first kappa shape index (κ1) is 22.6. The second kappa shape index (κ2) is 10.6. The number of nitrogens with one attached hydrogen (secondary N) is 2. The topological polar surface area (TPSA) is 86.7 Å². The number of aryl methyl sites for hydroxylation is 1. The predicted molar refractivity (Wildman–Crippen MR) is 114 cm³/mol. The highest BCUT2D eigenvalue weighted by Crippen LogP contribution is 2.25. The molecule has 1 heterocycles. The molecular formula is C15H28IN5O2S2. The summed E-state index contributed by atoms with van der Waals surface area (Å²) in [5.41, 5.74) is 0.984. The highest BCUT2D eigenvalue weighted by atomic mass is 127. The molecule has 0 amide bonds. The molecule has 0 aromatic carbocycles. The number of nitrogens with zero attached hydrogens (tertiary/aromatic N) is 3. The van der Waals surface area contributed by atoms with E-state index in [0.717, 1.165) is 23.5 Å². The van der Waals surface area contributed by atoms with Gasteiger partial charge in [-0.05, 0) is 25.7 Å². The van der Waals surface area contributed by atoms with Gasteiger partial charge in [-0.1, -0.05) is 6.42 Å². The minimum atomic E-state index is -3.23. The van der Waals surface area contributed by atoms with Crippen LogP contribution in [0.25, 0.3) is 0 Å². The first-order valence-electron chi connectivity index (χ1n) is 8.20. The van der Waals surface area contributed by atoms with E-state index in [0.29, 0.717) is 31.5 Å². The molecule has 0 aliphatic heterocycles. The average molecular weight is 501 g/mol. The van der Waals surface area contributed by atoms with Crippen molar-refractivity contribution in [2.75, 3.05) is 32.9 Å². The van der Waals surface area contributed by atoms with Crippen molar-refractivity contribution in [1.82, 2.24) is 19.9 Å². The van der Waals surface area contributed by atoms with Crippen LogP contribution in [0.5, 0.6) is 0 Å². The quantitative estimate of drug-likeness (QED) is 0.322. The fourth-order valence-electron chi connectivity index (χ4n) is 2.49. The van der Waals surface area contributed by atoms with Gasteiger partial charge in [-0.3, -0.25) is 4.99 Å². The van der Waals surface area contributed by atoms with Crippen LogP contribution in [0.2, 0.25) is 0 Å². The van der Waals surface area contributed by atoms with Crippen molar-refractivity contribution >= 4 is 51.3 Å². The number of halogens is 1. The molecule has 1 saturated carbocycles. The third-order valence-corrected chi connectivity index (χ3v) is 6.28. The Morgan fingerprint density at radius 1 is 1.48 bits per heavy atom. The average Bonchev–Trinajstić information content (AvgIpc) is 2.86. The van der Waals surface area contributed by atoms with E-state index in [1.165, 1.54) is 6.42 Å². The number of rotatable bonds is 8. The lowest BCUT2D eigenvalue weighted by Gasteiger charge is -2.25. The molecule has 1 aliphatic rings. The highest BCUT2D eigenvalue weighted by Gasteiger charge is 2.20. The zero-order valence-corrected chi connectivity index (χ0v) is 19.0. The molecule has 10 heteroatoms. The lowest BCUT2D eigenvalue weighted by molar-refractivity contribution is 0.316. The van der Waals surface area contributed by atoms with Crippen LogP contribution in [0, 0.1) is 12.8 Å². The van der Waals surface area contributed by atoms with Gasteiger partial charge in [0.25, 0.3) is 0 Å². The van der Waals surface area contributed by atoms with Crippen LogP contribution in [0.15, 0.2) is 10.4 Å². The maximum Gasteiger partial charge on any atom is 0.213 e. The molecule has 144 valence electrons. The second-order valence-electron chi connectivity index (χ2n) is 6.15. The van der Waals surface area contributed by atoms with Gasteiger partial charge in [0.1, 0.15) is 0 Å². The fourth-order valence-corrected chi connectivity index (χ4v) is 4.10. The van der Waals surface area contributed by atoms with Crippen molar-refractivity contribution in [1.29, 1.82) is 0 Å². The second-order valence-corrected chi connectivity index (χ2v) is 9.14. The molecule has 1 fully saturated rings. The van der Waals surface area contributed by atoms with E-state index in [-0.39, 0.29) is 29.7 Å². The van der Waals surface area contributed by atoms with Crippen LogP contribution in [-0.4, -0.2) is 57.2 Å². The summed E-state index contributed by atoms with van der Waals surface area (Å²) in [6.45, 7) is 3.51. The first-order valence-corrected chi connectivity index (χ1v) is 10.7. The molecular weight excluding hydrogens is 473 g/mol. The van der Waals surface area contributed by atoms with Gasteiger partial charge >= 0.3 is 0 Å². The molecule has 1 aromatic rings. The molecule has 0 radical (unpaired) electrons. The Bertz CT molecular complexity index is 659. The van der Waals surface area contributed by atoms with Crippen LogP contribution in [0.4, 0.5) is 0 Å². The molecule has 0 saturated heterocycles. The molecule has 2 N–H and O–H groups in total. The Morgan fingerprint density at radius 2 is 2.20 bits per heavy atom. The van der Waals surface area contributed by atoms with E-state index in [1.54, 1.807) is 18.4 Å². The Kier molecular flexibility index (Phi) is 9.60. The zero-order valence-electron chi connectivity index (χ0n) is 15.0. The van der Waals surface area contributed by atoms with Crippen molar-refractivity contribution in [2.24, 2.45) is 10.9 Å². The lowest BCUT2D eigenvalue weighted by atomic mass is 9.86. The van der Waals surface area contributed by atoms with Gasteiger partial charge in [0.05, 0.1) is 23.0 Å². The molecule has 0 bridgehead atoms. The van der Waals surface area contributed by atoms with Crippen LogP contribution in [0.1, 0.15) is 30.0 Å². The summed E-state index contributed by atoms with van der Waals surface area (Å²) in [4.78, 5) is 10.6. The zero-order chi connectivity index (χ0) is 17.6. The summed E-state index contributed by atoms with van der Waals surface area (Å²) in [6.07, 6.45) is 3.48. The minimum Gasteiger partial charge on any atom is -0.355 e. The molecule has 2 rings (SSSR count). The number of aliphatic imine (C=N–C) groups is 1. The van der Waals surface area contributed by atoms with Crippen LogP contribution in [0.3, 0.4) is 0 Å². The van der Waals surface area contributed by atoms with Crippen molar-refractivity contribution in [3.05, 3.63) is 16.1 Å². The summed E-state index contributed by atoms with van der Waals surface area (Å²) in [7, 11) is 0.364. The molecule has 0 atom stereocenters.